The number of benzene rings is 2. The molecule has 0 saturated carbocycles. The van der Waals surface area contributed by atoms with Crippen LogP contribution >= 0.6 is 0 Å². The van der Waals surface area contributed by atoms with Crippen molar-refractivity contribution in [3.63, 3.8) is 0 Å². The molecule has 140 valence electrons. The van der Waals surface area contributed by atoms with E-state index in [1.807, 2.05) is 49.4 Å². The Morgan fingerprint density at radius 3 is 2.12 bits per heavy atom. The summed E-state index contributed by atoms with van der Waals surface area (Å²) < 4.78 is 11.5. The maximum absolute atomic E-state index is 12.4. The van der Waals surface area contributed by atoms with Crippen molar-refractivity contribution >= 4 is 5.78 Å². The lowest BCUT2D eigenvalue weighted by atomic mass is 9.98. The zero-order valence-electron chi connectivity index (χ0n) is 15.7. The van der Waals surface area contributed by atoms with Gasteiger partial charge in [0.1, 0.15) is 5.75 Å². The highest BCUT2D eigenvalue weighted by atomic mass is 16.5. The molecule has 0 radical (unpaired) electrons. The standard InChI is InChI=1S/C22H28O4/c1-16(2)20(14-25-17(3)13-23)15-26-21-11-9-19(10-12-21)22(24)18-7-5-4-6-8-18/h4-12,16-17,20,23H,13-15H2,1-3H3. The molecule has 2 atom stereocenters. The molecule has 2 unspecified atom stereocenters. The van der Waals surface area contributed by atoms with Crippen LogP contribution in [0.3, 0.4) is 0 Å². The van der Waals surface area contributed by atoms with Crippen LogP contribution in [-0.4, -0.2) is 36.8 Å². The lowest BCUT2D eigenvalue weighted by molar-refractivity contribution is -0.0110. The van der Waals surface area contributed by atoms with Crippen LogP contribution in [-0.2, 0) is 4.74 Å². The van der Waals surface area contributed by atoms with Gasteiger partial charge in [-0.1, -0.05) is 44.2 Å². The summed E-state index contributed by atoms with van der Waals surface area (Å²) in [6, 6.07) is 16.5. The summed E-state index contributed by atoms with van der Waals surface area (Å²) in [7, 11) is 0. The van der Waals surface area contributed by atoms with Crippen LogP contribution in [0.5, 0.6) is 5.75 Å². The molecule has 2 aromatic rings. The van der Waals surface area contributed by atoms with Crippen molar-refractivity contribution < 1.29 is 19.4 Å². The third-order valence-electron chi connectivity index (χ3n) is 4.41. The average Bonchev–Trinajstić information content (AvgIpc) is 2.68. The second kappa shape index (κ2) is 10.1. The van der Waals surface area contributed by atoms with Crippen molar-refractivity contribution in [1.82, 2.24) is 0 Å². The summed E-state index contributed by atoms with van der Waals surface area (Å²) >= 11 is 0. The highest BCUT2D eigenvalue weighted by molar-refractivity contribution is 6.08. The molecule has 4 nitrogen and oxygen atoms in total. The number of aliphatic hydroxyl groups is 1. The summed E-state index contributed by atoms with van der Waals surface area (Å²) in [5.74, 6) is 1.37. The number of hydrogen-bond donors (Lipinski definition) is 1. The van der Waals surface area contributed by atoms with E-state index in [0.717, 1.165) is 5.75 Å². The molecule has 1 N–H and O–H groups in total. The fourth-order valence-corrected chi connectivity index (χ4v) is 2.44. The first kappa shape index (κ1) is 20.1. The third kappa shape index (κ3) is 5.97. The molecule has 2 aromatic carbocycles. The number of ether oxygens (including phenoxy) is 2. The molecular weight excluding hydrogens is 328 g/mol. The largest absolute Gasteiger partial charge is 0.493 e. The van der Waals surface area contributed by atoms with Crippen molar-refractivity contribution in [1.29, 1.82) is 0 Å². The van der Waals surface area contributed by atoms with E-state index in [2.05, 4.69) is 13.8 Å². The maximum Gasteiger partial charge on any atom is 0.193 e. The summed E-state index contributed by atoms with van der Waals surface area (Å²) in [6.07, 6.45) is -0.167. The molecule has 0 aromatic heterocycles. The smallest absolute Gasteiger partial charge is 0.193 e. The van der Waals surface area contributed by atoms with Gasteiger partial charge in [0.25, 0.3) is 0 Å². The minimum absolute atomic E-state index is 0.00333. The molecule has 2 rings (SSSR count). The van der Waals surface area contributed by atoms with Gasteiger partial charge < -0.3 is 14.6 Å². The summed E-state index contributed by atoms with van der Waals surface area (Å²) in [6.45, 7) is 7.19. The van der Waals surface area contributed by atoms with Crippen LogP contribution in [0.2, 0.25) is 0 Å². The van der Waals surface area contributed by atoms with Gasteiger partial charge in [0.05, 0.1) is 25.9 Å². The van der Waals surface area contributed by atoms with Crippen LogP contribution in [0, 0.1) is 11.8 Å². The number of carbonyl (C=O) groups is 1. The molecule has 0 aliphatic heterocycles. The summed E-state index contributed by atoms with van der Waals surface area (Å²) in [5.41, 5.74) is 1.32. The molecule has 0 fully saturated rings. The quantitative estimate of drug-likeness (QED) is 0.655. The van der Waals surface area contributed by atoms with Crippen LogP contribution in [0.4, 0.5) is 0 Å². The Kier molecular flexibility index (Phi) is 7.82. The monoisotopic (exact) mass is 356 g/mol. The van der Waals surface area contributed by atoms with E-state index in [0.29, 0.717) is 30.3 Å². The Labute approximate surface area is 155 Å². The molecule has 4 heteroatoms. The molecule has 0 spiro atoms. The first-order valence-electron chi connectivity index (χ1n) is 9.06. The van der Waals surface area contributed by atoms with Gasteiger partial charge in [-0.05, 0) is 37.1 Å². The fourth-order valence-electron chi connectivity index (χ4n) is 2.44. The van der Waals surface area contributed by atoms with Gasteiger partial charge in [-0.25, -0.2) is 0 Å². The minimum Gasteiger partial charge on any atom is -0.493 e. The molecule has 0 aliphatic carbocycles. The number of ketones is 1. The highest BCUT2D eigenvalue weighted by Gasteiger charge is 2.16. The predicted molar refractivity (Wildman–Crippen MR) is 103 cm³/mol. The summed E-state index contributed by atoms with van der Waals surface area (Å²) in [4.78, 5) is 12.4. The van der Waals surface area contributed by atoms with Crippen molar-refractivity contribution in [2.75, 3.05) is 19.8 Å². The van der Waals surface area contributed by atoms with Gasteiger partial charge >= 0.3 is 0 Å². The third-order valence-corrected chi connectivity index (χ3v) is 4.41. The van der Waals surface area contributed by atoms with Crippen LogP contribution in [0.25, 0.3) is 0 Å². The van der Waals surface area contributed by atoms with Crippen molar-refractivity contribution in [2.24, 2.45) is 11.8 Å². The van der Waals surface area contributed by atoms with E-state index in [9.17, 15) is 4.79 Å². The number of rotatable bonds is 10. The normalized spacial score (nSPS) is 13.4. The number of hydrogen-bond acceptors (Lipinski definition) is 4. The first-order valence-corrected chi connectivity index (χ1v) is 9.06. The van der Waals surface area contributed by atoms with Crippen molar-refractivity contribution in [3.05, 3.63) is 65.7 Å². The van der Waals surface area contributed by atoms with Crippen LogP contribution < -0.4 is 4.74 Å². The molecule has 0 aliphatic rings. The van der Waals surface area contributed by atoms with Gasteiger partial charge in [0, 0.05) is 17.0 Å². The Bertz CT molecular complexity index is 664. The predicted octanol–water partition coefficient (Wildman–Crippen LogP) is 3.97. The van der Waals surface area contributed by atoms with Gasteiger partial charge in [-0.3, -0.25) is 4.79 Å². The molecule has 0 saturated heterocycles. The first-order chi connectivity index (χ1) is 12.5. The Morgan fingerprint density at radius 2 is 1.54 bits per heavy atom. The van der Waals surface area contributed by atoms with E-state index in [1.54, 1.807) is 12.1 Å². The van der Waals surface area contributed by atoms with Crippen molar-refractivity contribution in [2.45, 2.75) is 26.9 Å². The Hall–Kier alpha value is -2.17. The Balaban J connectivity index is 1.92. The number of carbonyl (C=O) groups excluding carboxylic acids is 1. The van der Waals surface area contributed by atoms with Gasteiger partial charge in [0.2, 0.25) is 0 Å². The van der Waals surface area contributed by atoms with E-state index in [-0.39, 0.29) is 24.4 Å². The second-order valence-corrected chi connectivity index (χ2v) is 6.86. The number of aliphatic hydroxyl groups excluding tert-OH is 1. The minimum atomic E-state index is -0.167. The zero-order chi connectivity index (χ0) is 18.9. The second-order valence-electron chi connectivity index (χ2n) is 6.86. The van der Waals surface area contributed by atoms with E-state index in [4.69, 9.17) is 14.6 Å². The zero-order valence-corrected chi connectivity index (χ0v) is 15.7. The fraction of sp³-hybridized carbons (Fsp3) is 0.409. The van der Waals surface area contributed by atoms with Gasteiger partial charge in [-0.15, -0.1) is 0 Å². The average molecular weight is 356 g/mol. The van der Waals surface area contributed by atoms with E-state index < -0.39 is 0 Å². The molecule has 0 bridgehead atoms. The molecule has 0 heterocycles. The van der Waals surface area contributed by atoms with E-state index >= 15 is 0 Å². The topological polar surface area (TPSA) is 55.8 Å². The molecular formula is C22H28O4. The SMILES string of the molecule is CC(CO)OCC(COc1ccc(C(=O)c2ccccc2)cc1)C(C)C. The van der Waals surface area contributed by atoms with E-state index in [1.165, 1.54) is 0 Å². The Morgan fingerprint density at radius 1 is 0.923 bits per heavy atom. The van der Waals surface area contributed by atoms with Crippen molar-refractivity contribution in [3.8, 4) is 5.75 Å². The van der Waals surface area contributed by atoms with Gasteiger partial charge in [-0.2, -0.15) is 0 Å². The maximum atomic E-state index is 12.4. The van der Waals surface area contributed by atoms with Crippen LogP contribution in [0.15, 0.2) is 54.6 Å². The highest BCUT2D eigenvalue weighted by Crippen LogP contribution is 2.19. The lowest BCUT2D eigenvalue weighted by Gasteiger charge is -2.23. The molecule has 26 heavy (non-hydrogen) atoms. The van der Waals surface area contributed by atoms with Crippen LogP contribution in [0.1, 0.15) is 36.7 Å². The molecule has 0 amide bonds. The van der Waals surface area contributed by atoms with Gasteiger partial charge in [0.15, 0.2) is 5.78 Å². The lowest BCUT2D eigenvalue weighted by Crippen LogP contribution is -2.26. The summed E-state index contributed by atoms with van der Waals surface area (Å²) in [5, 5.41) is 9.06.